The second-order valence-corrected chi connectivity index (χ2v) is 5.03. The lowest BCUT2D eigenvalue weighted by Gasteiger charge is -2.05. The number of anilines is 1. The minimum absolute atomic E-state index is 0.337. The minimum atomic E-state index is 0.337. The van der Waals surface area contributed by atoms with Crippen molar-refractivity contribution in [2.45, 2.75) is 16.8 Å². The van der Waals surface area contributed by atoms with E-state index in [1.165, 1.54) is 17.8 Å². The minimum Gasteiger partial charge on any atom is -0.384 e. The Morgan fingerprint density at radius 1 is 1.33 bits per heavy atom. The zero-order valence-corrected chi connectivity index (χ0v) is 11.6. The lowest BCUT2D eigenvalue weighted by molar-refractivity contribution is 0.972. The molecule has 2 N–H and O–H groups in total. The molecular formula is C11H10Cl2N4S. The van der Waals surface area contributed by atoms with E-state index in [-0.39, 0.29) is 0 Å². The molecule has 94 valence electrons. The van der Waals surface area contributed by atoms with E-state index in [4.69, 9.17) is 28.9 Å². The molecule has 2 heterocycles. The monoisotopic (exact) mass is 300 g/mol. The normalized spacial score (nSPS) is 10.6. The molecule has 0 saturated carbocycles. The standard InChI is InChI=1S/C11H10Cl2N4S/c12-5-7-2-1-3-15-8(7)6-18-11-16-9(13)4-10(14)17-11/h1-4H,5-6H2,(H2,14,16,17). The average Bonchev–Trinajstić information content (AvgIpc) is 2.35. The largest absolute Gasteiger partial charge is 0.384 e. The van der Waals surface area contributed by atoms with Crippen LogP contribution >= 0.6 is 35.0 Å². The highest BCUT2D eigenvalue weighted by Crippen LogP contribution is 2.23. The van der Waals surface area contributed by atoms with Crippen LogP contribution < -0.4 is 5.73 Å². The number of halogens is 2. The average molecular weight is 301 g/mol. The van der Waals surface area contributed by atoms with E-state index >= 15 is 0 Å². The maximum atomic E-state index is 5.84. The molecule has 0 aliphatic carbocycles. The van der Waals surface area contributed by atoms with Crippen molar-refractivity contribution in [2.24, 2.45) is 0 Å². The van der Waals surface area contributed by atoms with Gasteiger partial charge in [-0.15, -0.1) is 11.6 Å². The topological polar surface area (TPSA) is 64.7 Å². The van der Waals surface area contributed by atoms with Crippen LogP contribution in [-0.4, -0.2) is 15.0 Å². The zero-order chi connectivity index (χ0) is 13.0. The van der Waals surface area contributed by atoms with Crippen molar-refractivity contribution in [3.63, 3.8) is 0 Å². The first-order valence-corrected chi connectivity index (χ1v) is 7.00. The fraction of sp³-hybridized carbons (Fsp3) is 0.182. The number of nitrogens with zero attached hydrogens (tertiary/aromatic N) is 3. The third-order valence-corrected chi connectivity index (χ3v) is 3.50. The summed E-state index contributed by atoms with van der Waals surface area (Å²) in [5.41, 5.74) is 7.52. The molecule has 0 radical (unpaired) electrons. The molecule has 2 aromatic rings. The first-order chi connectivity index (χ1) is 8.69. The molecule has 0 aliphatic heterocycles. The zero-order valence-electron chi connectivity index (χ0n) is 9.31. The van der Waals surface area contributed by atoms with Gasteiger partial charge in [-0.3, -0.25) is 4.98 Å². The third kappa shape index (κ3) is 3.48. The van der Waals surface area contributed by atoms with E-state index in [1.54, 1.807) is 6.20 Å². The van der Waals surface area contributed by atoms with Gasteiger partial charge in [0.25, 0.3) is 0 Å². The summed E-state index contributed by atoms with van der Waals surface area (Å²) in [4.78, 5) is 12.5. The molecule has 4 nitrogen and oxygen atoms in total. The predicted octanol–water partition coefficient (Wildman–Crippen LogP) is 3.14. The van der Waals surface area contributed by atoms with Crippen molar-refractivity contribution in [3.05, 3.63) is 40.8 Å². The van der Waals surface area contributed by atoms with Crippen LogP contribution in [0.4, 0.5) is 5.82 Å². The number of nitrogen functional groups attached to an aromatic ring is 1. The second-order valence-electron chi connectivity index (χ2n) is 3.43. The van der Waals surface area contributed by atoms with Crippen molar-refractivity contribution < 1.29 is 0 Å². The number of nitrogens with two attached hydrogens (primary N) is 1. The van der Waals surface area contributed by atoms with Gasteiger partial charge in [-0.05, 0) is 11.6 Å². The first-order valence-electron chi connectivity index (χ1n) is 5.10. The van der Waals surface area contributed by atoms with Crippen LogP contribution in [0.5, 0.6) is 0 Å². The Kier molecular flexibility index (Phi) is 4.63. The Morgan fingerprint density at radius 2 is 2.17 bits per heavy atom. The fourth-order valence-electron chi connectivity index (χ4n) is 1.33. The Morgan fingerprint density at radius 3 is 2.89 bits per heavy atom. The molecule has 0 saturated heterocycles. The van der Waals surface area contributed by atoms with E-state index in [2.05, 4.69) is 15.0 Å². The maximum absolute atomic E-state index is 5.84. The summed E-state index contributed by atoms with van der Waals surface area (Å²) in [7, 11) is 0. The van der Waals surface area contributed by atoms with Crippen molar-refractivity contribution in [3.8, 4) is 0 Å². The van der Waals surface area contributed by atoms with Gasteiger partial charge in [0, 0.05) is 23.9 Å². The quantitative estimate of drug-likeness (QED) is 0.407. The molecule has 0 aliphatic rings. The molecule has 2 aromatic heterocycles. The van der Waals surface area contributed by atoms with Gasteiger partial charge >= 0.3 is 0 Å². The maximum Gasteiger partial charge on any atom is 0.191 e. The van der Waals surface area contributed by atoms with Crippen LogP contribution in [0.25, 0.3) is 0 Å². The van der Waals surface area contributed by atoms with E-state index in [9.17, 15) is 0 Å². The number of hydrogen-bond donors (Lipinski definition) is 1. The Bertz CT molecular complexity index is 530. The smallest absolute Gasteiger partial charge is 0.191 e. The van der Waals surface area contributed by atoms with Crippen LogP contribution in [0, 0.1) is 0 Å². The van der Waals surface area contributed by atoms with Gasteiger partial charge < -0.3 is 5.73 Å². The summed E-state index contributed by atoms with van der Waals surface area (Å²) in [6.07, 6.45) is 1.74. The summed E-state index contributed by atoms with van der Waals surface area (Å²) in [6, 6.07) is 5.32. The molecule has 0 unspecified atom stereocenters. The molecule has 7 heteroatoms. The van der Waals surface area contributed by atoms with Gasteiger partial charge in [-0.1, -0.05) is 29.4 Å². The van der Waals surface area contributed by atoms with Crippen LogP contribution in [0.2, 0.25) is 5.15 Å². The summed E-state index contributed by atoms with van der Waals surface area (Å²) in [5, 5.41) is 0.870. The van der Waals surface area contributed by atoms with Crippen molar-refractivity contribution in [1.29, 1.82) is 0 Å². The van der Waals surface area contributed by atoms with Gasteiger partial charge in [0.1, 0.15) is 11.0 Å². The number of pyridine rings is 1. The molecule has 18 heavy (non-hydrogen) atoms. The summed E-state index contributed by atoms with van der Waals surface area (Å²) in [6.45, 7) is 0. The summed E-state index contributed by atoms with van der Waals surface area (Å²) < 4.78 is 0. The molecule has 2 rings (SSSR count). The number of rotatable bonds is 4. The Hall–Kier alpha value is -1.04. The molecule has 0 spiro atoms. The highest BCUT2D eigenvalue weighted by atomic mass is 35.5. The number of hydrogen-bond acceptors (Lipinski definition) is 5. The lowest BCUT2D eigenvalue weighted by Crippen LogP contribution is -1.97. The van der Waals surface area contributed by atoms with Crippen molar-refractivity contribution >= 4 is 40.8 Å². The number of alkyl halides is 1. The summed E-state index contributed by atoms with van der Waals surface area (Å²) >= 11 is 13.1. The second kappa shape index (κ2) is 6.22. The van der Waals surface area contributed by atoms with Crippen LogP contribution in [0.1, 0.15) is 11.3 Å². The van der Waals surface area contributed by atoms with E-state index in [0.29, 0.717) is 27.8 Å². The van der Waals surface area contributed by atoms with E-state index in [1.807, 2.05) is 12.1 Å². The predicted molar refractivity (Wildman–Crippen MR) is 74.8 cm³/mol. The van der Waals surface area contributed by atoms with Crippen LogP contribution in [0.3, 0.4) is 0 Å². The van der Waals surface area contributed by atoms with Gasteiger partial charge in [0.15, 0.2) is 5.16 Å². The van der Waals surface area contributed by atoms with Gasteiger partial charge in [-0.2, -0.15) is 0 Å². The van der Waals surface area contributed by atoms with E-state index < -0.39 is 0 Å². The fourth-order valence-corrected chi connectivity index (χ4v) is 2.68. The molecule has 0 amide bonds. The molecular weight excluding hydrogens is 291 g/mol. The van der Waals surface area contributed by atoms with Gasteiger partial charge in [0.05, 0.1) is 5.69 Å². The molecule has 0 aromatic carbocycles. The highest BCUT2D eigenvalue weighted by molar-refractivity contribution is 7.98. The summed E-state index contributed by atoms with van der Waals surface area (Å²) in [5.74, 6) is 1.42. The van der Waals surface area contributed by atoms with Gasteiger partial charge in [-0.25, -0.2) is 9.97 Å². The lowest BCUT2D eigenvalue weighted by atomic mass is 10.2. The molecule has 0 atom stereocenters. The van der Waals surface area contributed by atoms with E-state index in [0.717, 1.165) is 11.3 Å². The van der Waals surface area contributed by atoms with Crippen LogP contribution in [0.15, 0.2) is 29.6 Å². The first kappa shape index (κ1) is 13.4. The third-order valence-electron chi connectivity index (χ3n) is 2.16. The van der Waals surface area contributed by atoms with Crippen molar-refractivity contribution in [2.75, 3.05) is 5.73 Å². The SMILES string of the molecule is Nc1cc(Cl)nc(SCc2ncccc2CCl)n1. The Labute approximate surface area is 119 Å². The number of aromatic nitrogens is 3. The molecule has 0 fully saturated rings. The highest BCUT2D eigenvalue weighted by Gasteiger charge is 2.06. The molecule has 0 bridgehead atoms. The number of thioether (sulfide) groups is 1. The van der Waals surface area contributed by atoms with Gasteiger partial charge in [0.2, 0.25) is 0 Å². The Balaban J connectivity index is 2.11. The van der Waals surface area contributed by atoms with Crippen LogP contribution in [-0.2, 0) is 11.6 Å². The van der Waals surface area contributed by atoms with Crippen molar-refractivity contribution in [1.82, 2.24) is 15.0 Å².